The zero-order chi connectivity index (χ0) is 18.4. The molecule has 0 bridgehead atoms. The van der Waals surface area contributed by atoms with Gasteiger partial charge in [0.2, 0.25) is 0 Å². The molecule has 1 aliphatic carbocycles. The summed E-state index contributed by atoms with van der Waals surface area (Å²) in [6.07, 6.45) is 7.81. The van der Waals surface area contributed by atoms with Gasteiger partial charge in [0.1, 0.15) is 11.0 Å². The molecule has 0 saturated carbocycles. The summed E-state index contributed by atoms with van der Waals surface area (Å²) in [5, 5.41) is 3.47. The molecule has 1 aromatic carbocycles. The fourth-order valence-electron chi connectivity index (χ4n) is 4.09. The lowest BCUT2D eigenvalue weighted by Crippen LogP contribution is -2.27. The Morgan fingerprint density at radius 1 is 1.22 bits per heavy atom. The number of carbonyl (C=O) groups excluding carboxylic acids is 1. The zero-order valence-electron chi connectivity index (χ0n) is 14.8. The number of hydrogen-bond acceptors (Lipinski definition) is 3. The molecule has 0 spiro atoms. The van der Waals surface area contributed by atoms with E-state index in [4.69, 9.17) is 16.6 Å². The smallest absolute Gasteiger partial charge is 0.251 e. The predicted molar refractivity (Wildman–Crippen MR) is 104 cm³/mol. The minimum absolute atomic E-state index is 0.00820. The Kier molecular flexibility index (Phi) is 3.97. The van der Waals surface area contributed by atoms with Crippen LogP contribution < -0.4 is 5.32 Å². The normalized spacial score (nSPS) is 17.6. The van der Waals surface area contributed by atoms with Gasteiger partial charge in [0.25, 0.3) is 5.91 Å². The minimum Gasteiger partial charge on any atom is -0.345 e. The summed E-state index contributed by atoms with van der Waals surface area (Å²) in [6.45, 7) is 1.06. The molecule has 1 unspecified atom stereocenters. The van der Waals surface area contributed by atoms with Crippen molar-refractivity contribution in [2.75, 3.05) is 0 Å². The third kappa shape index (κ3) is 3.02. The monoisotopic (exact) mass is 378 g/mol. The van der Waals surface area contributed by atoms with Gasteiger partial charge in [-0.2, -0.15) is 0 Å². The molecule has 136 valence electrons. The van der Waals surface area contributed by atoms with Crippen molar-refractivity contribution in [2.45, 2.75) is 38.3 Å². The van der Waals surface area contributed by atoms with E-state index in [1.165, 1.54) is 23.4 Å². The third-order valence-electron chi connectivity index (χ3n) is 5.47. The first kappa shape index (κ1) is 16.5. The van der Waals surface area contributed by atoms with Crippen LogP contribution in [0.4, 0.5) is 0 Å². The van der Waals surface area contributed by atoms with E-state index in [1.807, 2.05) is 0 Å². The molecule has 1 atom stereocenters. The Bertz CT molecular complexity index is 1020. The first-order chi connectivity index (χ1) is 13.2. The summed E-state index contributed by atoms with van der Waals surface area (Å²) < 4.78 is 2.25. The van der Waals surface area contributed by atoms with Gasteiger partial charge >= 0.3 is 0 Å². The average molecular weight is 379 g/mol. The summed E-state index contributed by atoms with van der Waals surface area (Å²) in [4.78, 5) is 21.3. The summed E-state index contributed by atoms with van der Waals surface area (Å²) >= 11 is 5.91. The predicted octanol–water partition coefficient (Wildman–Crippen LogP) is 3.96. The fourth-order valence-corrected chi connectivity index (χ4v) is 4.26. The van der Waals surface area contributed by atoms with Crippen LogP contribution in [0.3, 0.4) is 0 Å². The van der Waals surface area contributed by atoms with Crippen molar-refractivity contribution >= 4 is 17.5 Å². The molecule has 3 aromatic rings. The second-order valence-electron chi connectivity index (χ2n) is 7.18. The van der Waals surface area contributed by atoms with E-state index in [-0.39, 0.29) is 11.9 Å². The summed E-state index contributed by atoms with van der Waals surface area (Å²) in [7, 11) is 0. The molecule has 0 fully saturated rings. The molecule has 1 N–H and O–H groups in total. The first-order valence-electron chi connectivity index (χ1n) is 9.29. The van der Waals surface area contributed by atoms with Gasteiger partial charge in [-0.1, -0.05) is 23.7 Å². The Hall–Kier alpha value is -2.66. The number of nitrogens with one attached hydrogen (secondary N) is 1. The highest BCUT2D eigenvalue weighted by Gasteiger charge is 2.25. The number of aryl methyl sites for hydroxylation is 3. The fraction of sp³-hybridized carbons (Fsp3) is 0.286. The summed E-state index contributed by atoms with van der Waals surface area (Å²) in [5.41, 5.74) is 5.15. The van der Waals surface area contributed by atoms with Gasteiger partial charge in [-0.3, -0.25) is 4.79 Å². The number of fused-ring (bicyclic) bond motifs is 2. The molecule has 27 heavy (non-hydrogen) atoms. The maximum absolute atomic E-state index is 12.6. The SMILES string of the molecule is O=C(NC1CCc2ccc(-c3cn4c(n3)CCC4)cc21)c1ccnc(Cl)c1. The van der Waals surface area contributed by atoms with Gasteiger partial charge in [0, 0.05) is 36.5 Å². The highest BCUT2D eigenvalue weighted by molar-refractivity contribution is 6.29. The number of imidazole rings is 1. The largest absolute Gasteiger partial charge is 0.345 e. The highest BCUT2D eigenvalue weighted by Crippen LogP contribution is 2.35. The second kappa shape index (κ2) is 6.50. The Morgan fingerprint density at radius 2 is 2.15 bits per heavy atom. The average Bonchev–Trinajstić information content (AvgIpc) is 3.36. The summed E-state index contributed by atoms with van der Waals surface area (Å²) in [5.74, 6) is 1.05. The van der Waals surface area contributed by atoms with Crippen LogP contribution in [-0.4, -0.2) is 20.4 Å². The molecule has 0 radical (unpaired) electrons. The van der Waals surface area contributed by atoms with Gasteiger partial charge in [0.15, 0.2) is 0 Å². The Labute approximate surface area is 162 Å². The quantitative estimate of drug-likeness (QED) is 0.702. The van der Waals surface area contributed by atoms with E-state index < -0.39 is 0 Å². The van der Waals surface area contributed by atoms with Gasteiger partial charge in [-0.15, -0.1) is 0 Å². The van der Waals surface area contributed by atoms with Crippen molar-refractivity contribution in [3.05, 3.63) is 70.4 Å². The Morgan fingerprint density at radius 3 is 3.00 bits per heavy atom. The lowest BCUT2D eigenvalue weighted by Gasteiger charge is -2.15. The number of halogens is 1. The molecule has 0 saturated heterocycles. The van der Waals surface area contributed by atoms with Crippen molar-refractivity contribution in [2.24, 2.45) is 0 Å². The van der Waals surface area contributed by atoms with Crippen LogP contribution in [-0.2, 0) is 19.4 Å². The number of rotatable bonds is 3. The van der Waals surface area contributed by atoms with Crippen molar-refractivity contribution < 1.29 is 4.79 Å². The third-order valence-corrected chi connectivity index (χ3v) is 5.68. The lowest BCUT2D eigenvalue weighted by molar-refractivity contribution is 0.0936. The molecule has 6 heteroatoms. The van der Waals surface area contributed by atoms with Gasteiger partial charge < -0.3 is 9.88 Å². The molecule has 2 aromatic heterocycles. The van der Waals surface area contributed by atoms with Crippen LogP contribution in [0.1, 0.15) is 46.2 Å². The molecular formula is C21H19ClN4O. The number of carbonyl (C=O) groups is 1. The van der Waals surface area contributed by atoms with Crippen molar-refractivity contribution in [3.63, 3.8) is 0 Å². The van der Waals surface area contributed by atoms with Crippen molar-refractivity contribution in [3.8, 4) is 11.3 Å². The van der Waals surface area contributed by atoms with Crippen LogP contribution in [0.15, 0.2) is 42.7 Å². The molecule has 1 aliphatic heterocycles. The van der Waals surface area contributed by atoms with Crippen LogP contribution in [0.5, 0.6) is 0 Å². The van der Waals surface area contributed by atoms with Gasteiger partial charge in [-0.25, -0.2) is 9.97 Å². The van der Waals surface area contributed by atoms with Crippen molar-refractivity contribution in [1.29, 1.82) is 0 Å². The number of hydrogen-bond donors (Lipinski definition) is 1. The number of amides is 1. The first-order valence-corrected chi connectivity index (χ1v) is 9.67. The number of pyridine rings is 1. The van der Waals surface area contributed by atoms with E-state index in [0.29, 0.717) is 10.7 Å². The number of benzene rings is 1. The van der Waals surface area contributed by atoms with E-state index in [1.54, 1.807) is 18.3 Å². The van der Waals surface area contributed by atoms with E-state index in [2.05, 4.69) is 39.3 Å². The molecule has 2 aliphatic rings. The lowest BCUT2D eigenvalue weighted by atomic mass is 10.0. The van der Waals surface area contributed by atoms with Crippen molar-refractivity contribution in [1.82, 2.24) is 19.9 Å². The molecule has 3 heterocycles. The molecule has 1 amide bonds. The minimum atomic E-state index is -0.122. The van der Waals surface area contributed by atoms with E-state index in [9.17, 15) is 4.79 Å². The van der Waals surface area contributed by atoms with Gasteiger partial charge in [-0.05, 0) is 48.6 Å². The summed E-state index contributed by atoms with van der Waals surface area (Å²) in [6, 6.07) is 9.78. The van der Waals surface area contributed by atoms with Crippen LogP contribution in [0.2, 0.25) is 5.15 Å². The van der Waals surface area contributed by atoms with Crippen LogP contribution in [0, 0.1) is 0 Å². The number of aromatic nitrogens is 3. The van der Waals surface area contributed by atoms with E-state index >= 15 is 0 Å². The standard InChI is InChI=1S/C21H19ClN4O/c22-19-11-15(7-8-23-19)21(27)25-17-6-5-13-3-4-14(10-16(13)17)18-12-26-9-1-2-20(26)24-18/h3-4,7-8,10-12,17H,1-2,5-6,9H2,(H,25,27). The second-order valence-corrected chi connectivity index (χ2v) is 7.57. The molecule has 5 rings (SSSR count). The van der Waals surface area contributed by atoms with Gasteiger partial charge in [0.05, 0.1) is 11.7 Å². The topological polar surface area (TPSA) is 59.8 Å². The maximum Gasteiger partial charge on any atom is 0.251 e. The molecular weight excluding hydrogens is 360 g/mol. The number of nitrogens with zero attached hydrogens (tertiary/aromatic N) is 3. The van der Waals surface area contributed by atoms with Crippen LogP contribution >= 0.6 is 11.6 Å². The van der Waals surface area contributed by atoms with E-state index in [0.717, 1.165) is 37.1 Å². The highest BCUT2D eigenvalue weighted by atomic mass is 35.5. The van der Waals surface area contributed by atoms with Crippen LogP contribution in [0.25, 0.3) is 11.3 Å². The molecule has 5 nitrogen and oxygen atoms in total. The Balaban J connectivity index is 1.41. The zero-order valence-corrected chi connectivity index (χ0v) is 15.5. The maximum atomic E-state index is 12.6.